The maximum absolute atomic E-state index is 11.8. The summed E-state index contributed by atoms with van der Waals surface area (Å²) >= 11 is 0. The molecule has 2 atom stereocenters. The number of rotatable bonds is 4. The van der Waals surface area contributed by atoms with Crippen molar-refractivity contribution in [3.8, 4) is 0 Å². The highest BCUT2D eigenvalue weighted by Gasteiger charge is 2.36. The Labute approximate surface area is 129 Å². The van der Waals surface area contributed by atoms with Gasteiger partial charge in [0.2, 0.25) is 0 Å². The van der Waals surface area contributed by atoms with Gasteiger partial charge in [-0.25, -0.2) is 4.98 Å². The number of esters is 1. The highest BCUT2D eigenvalue weighted by molar-refractivity contribution is 5.76. The van der Waals surface area contributed by atoms with Crippen molar-refractivity contribution in [2.45, 2.75) is 32.0 Å². The maximum atomic E-state index is 11.8. The van der Waals surface area contributed by atoms with Crippen LogP contribution in [0.2, 0.25) is 0 Å². The molecule has 0 spiro atoms. The number of imidazole rings is 1. The normalized spacial score (nSPS) is 22.3. The highest BCUT2D eigenvalue weighted by Crippen LogP contribution is 2.20. The van der Waals surface area contributed by atoms with E-state index in [9.17, 15) is 9.90 Å². The highest BCUT2D eigenvalue weighted by atomic mass is 16.5. The Morgan fingerprint density at radius 2 is 2.18 bits per heavy atom. The summed E-state index contributed by atoms with van der Waals surface area (Å²) in [5, 5.41) is 9.83. The first-order chi connectivity index (χ1) is 10.6. The number of fused-ring (bicyclic) bond motifs is 1. The predicted octanol–water partition coefficient (Wildman–Crippen LogP) is 0.953. The first-order valence-corrected chi connectivity index (χ1v) is 7.52. The van der Waals surface area contributed by atoms with Crippen molar-refractivity contribution in [1.29, 1.82) is 0 Å². The molecule has 3 rings (SSSR count). The number of aromatic nitrogens is 2. The first kappa shape index (κ1) is 15.0. The molecule has 1 fully saturated rings. The number of aliphatic hydroxyl groups excluding tert-OH is 1. The van der Waals surface area contributed by atoms with E-state index in [-0.39, 0.29) is 12.0 Å². The van der Waals surface area contributed by atoms with Gasteiger partial charge in [0, 0.05) is 26.1 Å². The first-order valence-electron chi connectivity index (χ1n) is 7.52. The Kier molecular flexibility index (Phi) is 4.13. The summed E-state index contributed by atoms with van der Waals surface area (Å²) in [6, 6.07) is 7.66. The van der Waals surface area contributed by atoms with Crippen LogP contribution in [0.4, 0.5) is 0 Å². The van der Waals surface area contributed by atoms with Crippen molar-refractivity contribution in [2.24, 2.45) is 0 Å². The smallest absolute Gasteiger partial charge is 0.323 e. The molecule has 0 amide bonds. The molecule has 6 nitrogen and oxygen atoms in total. The molecule has 1 aliphatic heterocycles. The van der Waals surface area contributed by atoms with Gasteiger partial charge in [0.25, 0.3) is 0 Å². The van der Waals surface area contributed by atoms with Crippen LogP contribution in [0.25, 0.3) is 11.0 Å². The number of aliphatic hydroxyl groups is 1. The number of β-amino-alcohol motifs (C(OH)–C–C–N with tert-alkyl or cyclic N) is 1. The number of hydrogen-bond donors (Lipinski definition) is 1. The molecule has 2 aromatic rings. The molecule has 0 saturated carbocycles. The summed E-state index contributed by atoms with van der Waals surface area (Å²) in [7, 11) is 1.39. The van der Waals surface area contributed by atoms with Gasteiger partial charge in [0.05, 0.1) is 24.2 Å². The molecule has 0 aliphatic carbocycles. The Bertz CT molecular complexity index is 682. The summed E-state index contributed by atoms with van der Waals surface area (Å²) in [4.78, 5) is 18.4. The van der Waals surface area contributed by atoms with E-state index in [0.717, 1.165) is 23.4 Å². The molecule has 2 heterocycles. The van der Waals surface area contributed by atoms with E-state index in [1.54, 1.807) is 0 Å². The molecule has 1 aromatic carbocycles. The fourth-order valence-electron chi connectivity index (χ4n) is 3.21. The molecule has 6 heteroatoms. The van der Waals surface area contributed by atoms with E-state index in [2.05, 4.69) is 9.55 Å². The molecule has 118 valence electrons. The van der Waals surface area contributed by atoms with E-state index in [0.29, 0.717) is 19.5 Å². The lowest BCUT2D eigenvalue weighted by Crippen LogP contribution is -2.38. The van der Waals surface area contributed by atoms with Gasteiger partial charge in [0.15, 0.2) is 0 Å². The number of methoxy groups -OCH3 is 1. The van der Waals surface area contributed by atoms with Crippen LogP contribution >= 0.6 is 0 Å². The quantitative estimate of drug-likeness (QED) is 0.852. The minimum Gasteiger partial charge on any atom is -0.468 e. The zero-order valence-corrected chi connectivity index (χ0v) is 12.9. The molecule has 2 unspecified atom stereocenters. The second-order valence-electron chi connectivity index (χ2n) is 5.72. The predicted molar refractivity (Wildman–Crippen MR) is 82.5 cm³/mol. The van der Waals surface area contributed by atoms with E-state index in [1.165, 1.54) is 7.11 Å². The number of aryl methyl sites for hydroxylation is 1. The molecule has 0 radical (unpaired) electrons. The molecule has 1 saturated heterocycles. The molecule has 1 aromatic heterocycles. The summed E-state index contributed by atoms with van der Waals surface area (Å²) in [6.07, 6.45) is -0.0270. The average molecular weight is 303 g/mol. The van der Waals surface area contributed by atoms with Gasteiger partial charge in [0.1, 0.15) is 11.9 Å². The number of benzene rings is 1. The van der Waals surface area contributed by atoms with Crippen LogP contribution in [-0.4, -0.2) is 57.9 Å². The van der Waals surface area contributed by atoms with Crippen LogP contribution in [0.1, 0.15) is 12.2 Å². The third kappa shape index (κ3) is 2.71. The number of hydrogen-bond acceptors (Lipinski definition) is 5. The molecular weight excluding hydrogens is 282 g/mol. The standard InChI is InChI=1S/C16H21N3O3/c1-11-17-13-5-3-4-6-14(13)19(11)8-7-18-10-12(20)9-15(18)16(21)22-2/h3-6,12,15,20H,7-10H2,1-2H3. The maximum Gasteiger partial charge on any atom is 0.323 e. The molecular formula is C16H21N3O3. The van der Waals surface area contributed by atoms with E-state index < -0.39 is 6.10 Å². The van der Waals surface area contributed by atoms with Crippen molar-refractivity contribution in [3.05, 3.63) is 30.1 Å². The van der Waals surface area contributed by atoms with Gasteiger partial charge >= 0.3 is 5.97 Å². The van der Waals surface area contributed by atoms with Gasteiger partial charge in [-0.05, 0) is 19.1 Å². The van der Waals surface area contributed by atoms with Crippen LogP contribution < -0.4 is 0 Å². The van der Waals surface area contributed by atoms with Crippen LogP contribution in [-0.2, 0) is 16.1 Å². The van der Waals surface area contributed by atoms with Gasteiger partial charge < -0.3 is 14.4 Å². The van der Waals surface area contributed by atoms with Gasteiger partial charge in [-0.3, -0.25) is 9.69 Å². The third-order valence-corrected chi connectivity index (χ3v) is 4.31. The van der Waals surface area contributed by atoms with Gasteiger partial charge in [-0.15, -0.1) is 0 Å². The topological polar surface area (TPSA) is 67.6 Å². The Hall–Kier alpha value is -1.92. The number of carbonyl (C=O) groups excluding carboxylic acids is 1. The lowest BCUT2D eigenvalue weighted by Gasteiger charge is -2.22. The van der Waals surface area contributed by atoms with Crippen LogP contribution in [0.15, 0.2) is 24.3 Å². The molecule has 1 aliphatic rings. The molecule has 1 N–H and O–H groups in total. The fraction of sp³-hybridized carbons (Fsp3) is 0.500. The van der Waals surface area contributed by atoms with E-state index in [1.807, 2.05) is 36.1 Å². The number of ether oxygens (including phenoxy) is 1. The van der Waals surface area contributed by atoms with Crippen molar-refractivity contribution in [2.75, 3.05) is 20.2 Å². The Morgan fingerprint density at radius 1 is 1.41 bits per heavy atom. The summed E-state index contributed by atoms with van der Waals surface area (Å²) < 4.78 is 6.98. The third-order valence-electron chi connectivity index (χ3n) is 4.31. The number of para-hydroxylation sites is 2. The monoisotopic (exact) mass is 303 g/mol. The Morgan fingerprint density at radius 3 is 2.95 bits per heavy atom. The van der Waals surface area contributed by atoms with Crippen LogP contribution in [0.3, 0.4) is 0 Å². The fourth-order valence-corrected chi connectivity index (χ4v) is 3.21. The second kappa shape index (κ2) is 6.06. The zero-order chi connectivity index (χ0) is 15.7. The Balaban J connectivity index is 1.76. The van der Waals surface area contributed by atoms with Crippen LogP contribution in [0.5, 0.6) is 0 Å². The van der Waals surface area contributed by atoms with Crippen molar-refractivity contribution in [1.82, 2.24) is 14.5 Å². The average Bonchev–Trinajstić information content (AvgIpc) is 3.03. The van der Waals surface area contributed by atoms with E-state index >= 15 is 0 Å². The number of likely N-dealkylation sites (tertiary alicyclic amines) is 1. The van der Waals surface area contributed by atoms with Crippen molar-refractivity contribution in [3.63, 3.8) is 0 Å². The minimum atomic E-state index is -0.468. The number of carbonyl (C=O) groups is 1. The lowest BCUT2D eigenvalue weighted by molar-refractivity contribution is -0.145. The zero-order valence-electron chi connectivity index (χ0n) is 12.9. The minimum absolute atomic E-state index is 0.274. The van der Waals surface area contributed by atoms with Crippen molar-refractivity contribution < 1.29 is 14.6 Å². The van der Waals surface area contributed by atoms with Gasteiger partial charge in [-0.1, -0.05) is 12.1 Å². The number of nitrogens with zero attached hydrogens (tertiary/aromatic N) is 3. The largest absolute Gasteiger partial charge is 0.468 e. The summed E-state index contributed by atoms with van der Waals surface area (Å²) in [6.45, 7) is 3.90. The van der Waals surface area contributed by atoms with Gasteiger partial charge in [-0.2, -0.15) is 0 Å². The van der Waals surface area contributed by atoms with E-state index in [4.69, 9.17) is 4.74 Å². The lowest BCUT2D eigenvalue weighted by atomic mass is 10.2. The van der Waals surface area contributed by atoms with Crippen molar-refractivity contribution >= 4 is 17.0 Å². The van der Waals surface area contributed by atoms with Crippen LogP contribution in [0, 0.1) is 6.92 Å². The summed E-state index contributed by atoms with van der Waals surface area (Å²) in [5.74, 6) is 0.680. The summed E-state index contributed by atoms with van der Waals surface area (Å²) in [5.41, 5.74) is 2.07. The SMILES string of the molecule is COC(=O)C1CC(O)CN1CCn1c(C)nc2ccccc21. The molecule has 0 bridgehead atoms. The molecule has 22 heavy (non-hydrogen) atoms. The second-order valence-corrected chi connectivity index (χ2v) is 5.72.